The number of likely N-dealkylation sites (tertiary alicyclic amines) is 1. The van der Waals surface area contributed by atoms with Crippen molar-refractivity contribution in [3.63, 3.8) is 0 Å². The van der Waals surface area contributed by atoms with Crippen molar-refractivity contribution in [2.75, 3.05) is 26.3 Å². The van der Waals surface area contributed by atoms with E-state index < -0.39 is 0 Å². The number of hydrogen-bond acceptors (Lipinski definition) is 5. The minimum absolute atomic E-state index is 0.250. The van der Waals surface area contributed by atoms with Gasteiger partial charge < -0.3 is 19.5 Å². The summed E-state index contributed by atoms with van der Waals surface area (Å²) in [5, 5.41) is 13.8. The van der Waals surface area contributed by atoms with Crippen LogP contribution in [0.4, 0.5) is 0 Å². The number of ether oxygens (including phenoxy) is 1. The molecule has 0 spiro atoms. The second-order valence-corrected chi connectivity index (χ2v) is 8.76. The topological polar surface area (TPSA) is 105 Å². The van der Waals surface area contributed by atoms with Crippen LogP contribution in [0, 0.1) is 19.8 Å². The molecule has 4 rings (SSSR count). The molecule has 8 nitrogen and oxygen atoms in total. The van der Waals surface area contributed by atoms with E-state index in [0.29, 0.717) is 6.04 Å². The summed E-state index contributed by atoms with van der Waals surface area (Å²) in [6, 6.07) is 5.25. The van der Waals surface area contributed by atoms with E-state index in [1.165, 1.54) is 48.2 Å². The fourth-order valence-corrected chi connectivity index (χ4v) is 4.55. The molecule has 33 heavy (non-hydrogen) atoms. The van der Waals surface area contributed by atoms with Crippen LogP contribution >= 0.6 is 0 Å². The first kappa shape index (κ1) is 26.5. The number of aromatic nitrogens is 2. The summed E-state index contributed by atoms with van der Waals surface area (Å²) in [7, 11) is 0. The first-order valence-electron chi connectivity index (χ1n) is 11.5. The quantitative estimate of drug-likeness (QED) is 0.662. The molecule has 182 valence electrons. The van der Waals surface area contributed by atoms with Crippen molar-refractivity contribution in [2.45, 2.75) is 59.0 Å². The van der Waals surface area contributed by atoms with Crippen LogP contribution in [0.5, 0.6) is 0 Å². The predicted molar refractivity (Wildman–Crippen MR) is 127 cm³/mol. The highest BCUT2D eigenvalue weighted by Gasteiger charge is 2.21. The highest BCUT2D eigenvalue weighted by atomic mass is 16.5. The molecule has 2 fully saturated rings. The van der Waals surface area contributed by atoms with Gasteiger partial charge in [-0.15, -0.1) is 0 Å². The van der Waals surface area contributed by atoms with Crippen molar-refractivity contribution >= 4 is 12.9 Å². The van der Waals surface area contributed by atoms with Crippen molar-refractivity contribution in [3.8, 4) is 11.4 Å². The standard InChI is InChI=1S/C23H33N3O.2CH2O2/c1-17-4-9-25(10-5-17)16-20-15-22(19(3)14-18(20)2)23-24-8-11-26(23)21-6-12-27-13-7-21;2*2-1-3/h8,11,14-15,17,21H,4-7,9-10,12-13,16H2,1-3H3;2*1H,(H,2,3). The normalized spacial score (nSPS) is 17.3. The van der Waals surface area contributed by atoms with Gasteiger partial charge in [0.15, 0.2) is 0 Å². The average Bonchev–Trinajstić information content (AvgIpc) is 3.28. The maximum Gasteiger partial charge on any atom is 0.290 e. The smallest absolute Gasteiger partial charge is 0.290 e. The number of rotatable bonds is 4. The number of carbonyl (C=O) groups is 2. The van der Waals surface area contributed by atoms with Crippen molar-refractivity contribution in [1.29, 1.82) is 0 Å². The van der Waals surface area contributed by atoms with E-state index in [1.54, 1.807) is 0 Å². The Morgan fingerprint density at radius 1 is 1.03 bits per heavy atom. The highest BCUT2D eigenvalue weighted by molar-refractivity contribution is 5.63. The number of imidazole rings is 1. The Morgan fingerprint density at radius 3 is 2.24 bits per heavy atom. The average molecular weight is 460 g/mol. The molecule has 0 aliphatic carbocycles. The van der Waals surface area contributed by atoms with E-state index in [1.807, 2.05) is 6.20 Å². The maximum absolute atomic E-state index is 8.36. The molecule has 1 aromatic carbocycles. The maximum atomic E-state index is 8.36. The first-order valence-corrected chi connectivity index (χ1v) is 11.5. The van der Waals surface area contributed by atoms with Crippen LogP contribution in [0.1, 0.15) is 55.3 Å². The first-order chi connectivity index (χ1) is 15.9. The summed E-state index contributed by atoms with van der Waals surface area (Å²) in [5.74, 6) is 2.00. The Hall–Kier alpha value is -2.71. The molecule has 3 heterocycles. The Balaban J connectivity index is 0.000000582. The second-order valence-electron chi connectivity index (χ2n) is 8.76. The lowest BCUT2D eigenvalue weighted by molar-refractivity contribution is -0.123. The lowest BCUT2D eigenvalue weighted by Crippen LogP contribution is -2.32. The SMILES string of the molecule is Cc1cc(C)c(-c2nccn2C2CCOCC2)cc1CN1CCC(C)CC1.O=CO.O=CO. The fourth-order valence-electron chi connectivity index (χ4n) is 4.55. The minimum atomic E-state index is -0.250. The van der Waals surface area contributed by atoms with Crippen LogP contribution in [-0.4, -0.2) is 63.9 Å². The zero-order chi connectivity index (χ0) is 24.2. The molecule has 2 aromatic rings. The molecule has 0 radical (unpaired) electrons. The zero-order valence-electron chi connectivity index (χ0n) is 19.9. The van der Waals surface area contributed by atoms with E-state index in [4.69, 9.17) is 29.5 Å². The molecule has 2 aliphatic rings. The summed E-state index contributed by atoms with van der Waals surface area (Å²) >= 11 is 0. The van der Waals surface area contributed by atoms with Crippen molar-refractivity contribution in [1.82, 2.24) is 14.5 Å². The van der Waals surface area contributed by atoms with Gasteiger partial charge in [0, 0.05) is 43.8 Å². The second kappa shape index (κ2) is 13.7. The summed E-state index contributed by atoms with van der Waals surface area (Å²) in [4.78, 5) is 24.1. The van der Waals surface area contributed by atoms with Gasteiger partial charge in [0.1, 0.15) is 5.82 Å². The molecule has 2 N–H and O–H groups in total. The van der Waals surface area contributed by atoms with Gasteiger partial charge >= 0.3 is 0 Å². The van der Waals surface area contributed by atoms with Crippen LogP contribution in [0.2, 0.25) is 0 Å². The van der Waals surface area contributed by atoms with Gasteiger partial charge in [-0.2, -0.15) is 0 Å². The molecule has 0 unspecified atom stereocenters. The highest BCUT2D eigenvalue weighted by Crippen LogP contribution is 2.31. The Bertz CT molecular complexity index is 863. The lowest BCUT2D eigenvalue weighted by Gasteiger charge is -2.31. The summed E-state index contributed by atoms with van der Waals surface area (Å²) < 4.78 is 7.94. The Morgan fingerprint density at radius 2 is 1.64 bits per heavy atom. The molecule has 2 aliphatic heterocycles. The van der Waals surface area contributed by atoms with Crippen LogP contribution in [-0.2, 0) is 20.9 Å². The number of aryl methyl sites for hydroxylation is 2. The molecule has 0 saturated carbocycles. The van der Waals surface area contributed by atoms with Crippen LogP contribution < -0.4 is 0 Å². The number of piperidine rings is 1. The van der Waals surface area contributed by atoms with Gasteiger partial charge in [0.25, 0.3) is 12.9 Å². The Labute approximate surface area is 196 Å². The zero-order valence-corrected chi connectivity index (χ0v) is 19.9. The van der Waals surface area contributed by atoms with Crippen LogP contribution in [0.25, 0.3) is 11.4 Å². The lowest BCUT2D eigenvalue weighted by atomic mass is 9.96. The van der Waals surface area contributed by atoms with E-state index in [2.05, 4.69) is 48.6 Å². The van der Waals surface area contributed by atoms with Gasteiger partial charge in [-0.3, -0.25) is 14.5 Å². The number of hydrogen-bond donors (Lipinski definition) is 2. The van der Waals surface area contributed by atoms with Gasteiger partial charge in [-0.1, -0.05) is 13.0 Å². The molecule has 0 atom stereocenters. The molecule has 1 aromatic heterocycles. The third kappa shape index (κ3) is 7.68. The minimum Gasteiger partial charge on any atom is -0.483 e. The monoisotopic (exact) mass is 459 g/mol. The van der Waals surface area contributed by atoms with Gasteiger partial charge in [0.2, 0.25) is 0 Å². The third-order valence-electron chi connectivity index (χ3n) is 6.45. The van der Waals surface area contributed by atoms with E-state index in [-0.39, 0.29) is 12.9 Å². The van der Waals surface area contributed by atoms with Crippen LogP contribution in [0.3, 0.4) is 0 Å². The van der Waals surface area contributed by atoms with Crippen molar-refractivity contribution < 1.29 is 24.5 Å². The molecule has 8 heteroatoms. The van der Waals surface area contributed by atoms with Crippen molar-refractivity contribution in [2.24, 2.45) is 5.92 Å². The number of carboxylic acid groups (broad SMARTS) is 2. The van der Waals surface area contributed by atoms with E-state index >= 15 is 0 Å². The number of nitrogens with zero attached hydrogens (tertiary/aromatic N) is 3. The summed E-state index contributed by atoms with van der Waals surface area (Å²) in [6.45, 7) is 11.6. The molecule has 0 bridgehead atoms. The Kier molecular flexibility index (Phi) is 11.1. The molecular formula is C25H37N3O5. The fraction of sp³-hybridized carbons (Fsp3) is 0.560. The van der Waals surface area contributed by atoms with Gasteiger partial charge in [-0.05, 0) is 81.3 Å². The van der Waals surface area contributed by atoms with E-state index in [0.717, 1.165) is 44.3 Å². The van der Waals surface area contributed by atoms with E-state index in [9.17, 15) is 0 Å². The molecule has 2 saturated heterocycles. The van der Waals surface area contributed by atoms with Gasteiger partial charge in [0.05, 0.1) is 0 Å². The van der Waals surface area contributed by atoms with Crippen molar-refractivity contribution in [3.05, 3.63) is 41.2 Å². The summed E-state index contributed by atoms with van der Waals surface area (Å²) in [6.07, 6.45) is 8.91. The number of benzene rings is 1. The summed E-state index contributed by atoms with van der Waals surface area (Å²) in [5.41, 5.74) is 5.46. The predicted octanol–water partition coefficient (Wildman–Crippen LogP) is 4.15. The largest absolute Gasteiger partial charge is 0.483 e. The third-order valence-corrected chi connectivity index (χ3v) is 6.45. The molecule has 0 amide bonds. The van der Waals surface area contributed by atoms with Crippen LogP contribution in [0.15, 0.2) is 24.5 Å². The van der Waals surface area contributed by atoms with Gasteiger partial charge in [-0.25, -0.2) is 4.98 Å². The molecular weight excluding hydrogens is 422 g/mol.